The summed E-state index contributed by atoms with van der Waals surface area (Å²) >= 11 is 7.60. The zero-order chi connectivity index (χ0) is 17.0. The fourth-order valence-corrected chi connectivity index (χ4v) is 4.63. The number of halogens is 1. The SMILES string of the molecule is O=c1c2sc3nc4c(cc3c2nnn1-c1ccccc1Cl)CCCC4. The van der Waals surface area contributed by atoms with Gasteiger partial charge in [-0.2, -0.15) is 4.68 Å². The Balaban J connectivity index is 1.80. The van der Waals surface area contributed by atoms with E-state index < -0.39 is 0 Å². The highest BCUT2D eigenvalue weighted by Gasteiger charge is 2.19. The molecule has 0 saturated heterocycles. The highest BCUT2D eigenvalue weighted by molar-refractivity contribution is 7.25. The summed E-state index contributed by atoms with van der Waals surface area (Å²) in [7, 11) is 0. The normalized spacial score (nSPS) is 14.1. The molecule has 0 radical (unpaired) electrons. The van der Waals surface area contributed by atoms with Gasteiger partial charge < -0.3 is 0 Å². The second kappa shape index (κ2) is 5.61. The van der Waals surface area contributed by atoms with Crippen molar-refractivity contribution in [1.29, 1.82) is 0 Å². The minimum Gasteiger partial charge on any atom is -0.266 e. The van der Waals surface area contributed by atoms with E-state index in [0.29, 0.717) is 20.9 Å². The first kappa shape index (κ1) is 15.0. The molecule has 0 bridgehead atoms. The summed E-state index contributed by atoms with van der Waals surface area (Å²) in [5.41, 5.74) is 3.39. The molecule has 1 aromatic carbocycles. The average Bonchev–Trinajstić information content (AvgIpc) is 2.99. The summed E-state index contributed by atoms with van der Waals surface area (Å²) in [6, 6.07) is 9.27. The minimum absolute atomic E-state index is 0.209. The molecular weight excluding hydrogens is 356 g/mol. The van der Waals surface area contributed by atoms with Crippen LogP contribution in [0.1, 0.15) is 24.1 Å². The highest BCUT2D eigenvalue weighted by Crippen LogP contribution is 2.32. The summed E-state index contributed by atoms with van der Waals surface area (Å²) in [6.45, 7) is 0. The molecule has 0 atom stereocenters. The number of thiophene rings is 1. The van der Waals surface area contributed by atoms with Gasteiger partial charge in [0.2, 0.25) is 0 Å². The van der Waals surface area contributed by atoms with Crippen molar-refractivity contribution in [2.45, 2.75) is 25.7 Å². The zero-order valence-electron chi connectivity index (χ0n) is 13.2. The average molecular weight is 369 g/mol. The van der Waals surface area contributed by atoms with Crippen molar-refractivity contribution < 1.29 is 0 Å². The predicted molar refractivity (Wildman–Crippen MR) is 100.0 cm³/mol. The summed E-state index contributed by atoms with van der Waals surface area (Å²) in [5, 5.41) is 9.83. The first-order valence-corrected chi connectivity index (χ1v) is 9.38. The van der Waals surface area contributed by atoms with E-state index in [-0.39, 0.29) is 5.56 Å². The molecule has 0 saturated carbocycles. The van der Waals surface area contributed by atoms with Crippen molar-refractivity contribution in [3.05, 3.63) is 57.0 Å². The lowest BCUT2D eigenvalue weighted by atomic mass is 9.95. The number of benzene rings is 1. The van der Waals surface area contributed by atoms with Gasteiger partial charge in [0.1, 0.15) is 15.0 Å². The van der Waals surface area contributed by atoms with Crippen LogP contribution >= 0.6 is 22.9 Å². The second-order valence-corrected chi connectivity index (χ2v) is 7.60. The van der Waals surface area contributed by atoms with Gasteiger partial charge in [-0.25, -0.2) is 4.98 Å². The predicted octanol–water partition coefficient (Wildman–Crippen LogP) is 3.92. The van der Waals surface area contributed by atoms with Crippen LogP contribution in [0.3, 0.4) is 0 Å². The van der Waals surface area contributed by atoms with Crippen LogP contribution in [0.4, 0.5) is 0 Å². The maximum absolute atomic E-state index is 13.0. The summed E-state index contributed by atoms with van der Waals surface area (Å²) in [6.07, 6.45) is 4.41. The molecule has 7 heteroatoms. The van der Waals surface area contributed by atoms with Crippen molar-refractivity contribution in [3.63, 3.8) is 0 Å². The van der Waals surface area contributed by atoms with Crippen LogP contribution in [-0.2, 0) is 12.8 Å². The van der Waals surface area contributed by atoms with Gasteiger partial charge in [0.05, 0.1) is 10.7 Å². The Morgan fingerprint density at radius 1 is 1.16 bits per heavy atom. The Kier molecular flexibility index (Phi) is 3.36. The van der Waals surface area contributed by atoms with Crippen LogP contribution in [0.15, 0.2) is 35.1 Å². The fraction of sp³-hybridized carbons (Fsp3) is 0.222. The van der Waals surface area contributed by atoms with Crippen molar-refractivity contribution >= 4 is 43.4 Å². The smallest absolute Gasteiger partial charge is 0.266 e. The summed E-state index contributed by atoms with van der Waals surface area (Å²) < 4.78 is 1.83. The molecule has 0 aliphatic heterocycles. The third kappa shape index (κ3) is 2.28. The van der Waals surface area contributed by atoms with Crippen LogP contribution < -0.4 is 5.56 Å². The van der Waals surface area contributed by atoms with E-state index in [1.165, 1.54) is 34.4 Å². The molecule has 4 aromatic rings. The van der Waals surface area contributed by atoms with E-state index in [1.807, 2.05) is 12.1 Å². The zero-order valence-corrected chi connectivity index (χ0v) is 14.8. The number of aryl methyl sites for hydroxylation is 2. The quantitative estimate of drug-likeness (QED) is 0.511. The Bertz CT molecular complexity index is 1200. The third-order valence-corrected chi connectivity index (χ3v) is 6.03. The Labute approximate surface area is 151 Å². The number of pyridine rings is 1. The number of nitrogens with zero attached hydrogens (tertiary/aromatic N) is 4. The van der Waals surface area contributed by atoms with Gasteiger partial charge in [0.15, 0.2) is 0 Å². The van der Waals surface area contributed by atoms with Gasteiger partial charge in [-0.1, -0.05) is 28.9 Å². The molecule has 0 fully saturated rings. The van der Waals surface area contributed by atoms with Gasteiger partial charge in [-0.3, -0.25) is 4.79 Å². The largest absolute Gasteiger partial charge is 0.292 e. The second-order valence-electron chi connectivity index (χ2n) is 6.19. The first-order valence-electron chi connectivity index (χ1n) is 8.18. The van der Waals surface area contributed by atoms with Gasteiger partial charge >= 0.3 is 0 Å². The number of rotatable bonds is 1. The lowest BCUT2D eigenvalue weighted by Gasteiger charge is -2.13. The third-order valence-electron chi connectivity index (χ3n) is 4.64. The molecule has 5 rings (SSSR count). The van der Waals surface area contributed by atoms with Crippen LogP contribution in [0.25, 0.3) is 26.1 Å². The van der Waals surface area contributed by atoms with Crippen molar-refractivity contribution in [1.82, 2.24) is 20.0 Å². The Morgan fingerprint density at radius 3 is 2.88 bits per heavy atom. The summed E-state index contributed by atoms with van der Waals surface area (Å²) in [5.74, 6) is 0. The molecule has 1 aliphatic rings. The van der Waals surface area contributed by atoms with Gasteiger partial charge in [0, 0.05) is 11.1 Å². The van der Waals surface area contributed by atoms with Gasteiger partial charge in [-0.05, 0) is 49.4 Å². The molecule has 0 N–H and O–H groups in total. The van der Waals surface area contributed by atoms with Crippen LogP contribution in [0.2, 0.25) is 5.02 Å². The number of fused-ring (bicyclic) bond motifs is 4. The maximum atomic E-state index is 13.0. The maximum Gasteiger partial charge on any atom is 0.292 e. The van der Waals surface area contributed by atoms with E-state index in [9.17, 15) is 4.79 Å². The molecule has 0 amide bonds. The monoisotopic (exact) mass is 368 g/mol. The number of hydrogen-bond acceptors (Lipinski definition) is 5. The van der Waals surface area contributed by atoms with Gasteiger partial charge in [-0.15, -0.1) is 16.4 Å². The molecule has 25 heavy (non-hydrogen) atoms. The van der Waals surface area contributed by atoms with E-state index in [2.05, 4.69) is 16.4 Å². The standard InChI is InChI=1S/C18H13ClN4OS/c19-12-6-2-4-8-14(12)23-18(24)16-15(21-22-23)11-9-10-5-1-3-7-13(10)20-17(11)25-16/h2,4,6,8-9H,1,3,5,7H2. The van der Waals surface area contributed by atoms with Crippen molar-refractivity contribution in [3.8, 4) is 5.69 Å². The van der Waals surface area contributed by atoms with Crippen LogP contribution in [0, 0.1) is 0 Å². The first-order chi connectivity index (χ1) is 12.2. The van der Waals surface area contributed by atoms with E-state index >= 15 is 0 Å². The summed E-state index contributed by atoms with van der Waals surface area (Å²) in [4.78, 5) is 18.6. The molecule has 3 heterocycles. The Morgan fingerprint density at radius 2 is 2.00 bits per heavy atom. The lowest BCUT2D eigenvalue weighted by molar-refractivity contribution is 0.671. The number of aromatic nitrogens is 4. The van der Waals surface area contributed by atoms with Crippen molar-refractivity contribution in [2.75, 3.05) is 0 Å². The topological polar surface area (TPSA) is 60.7 Å². The molecule has 0 spiro atoms. The van der Waals surface area contributed by atoms with E-state index in [1.54, 1.807) is 12.1 Å². The molecule has 0 unspecified atom stereocenters. The molecule has 5 nitrogen and oxygen atoms in total. The molecule has 3 aromatic heterocycles. The highest BCUT2D eigenvalue weighted by atomic mass is 35.5. The Hall–Kier alpha value is -2.31. The number of hydrogen-bond donors (Lipinski definition) is 0. The number of para-hydroxylation sites is 1. The van der Waals surface area contributed by atoms with Crippen LogP contribution in [-0.4, -0.2) is 20.0 Å². The molecule has 124 valence electrons. The van der Waals surface area contributed by atoms with E-state index in [4.69, 9.17) is 16.6 Å². The minimum atomic E-state index is -0.209. The molecular formula is C18H13ClN4OS. The lowest BCUT2D eigenvalue weighted by Crippen LogP contribution is -2.21. The molecule has 1 aliphatic carbocycles. The van der Waals surface area contributed by atoms with E-state index in [0.717, 1.165) is 28.8 Å². The van der Waals surface area contributed by atoms with Crippen LogP contribution in [0.5, 0.6) is 0 Å². The van der Waals surface area contributed by atoms with Gasteiger partial charge in [0.25, 0.3) is 5.56 Å². The van der Waals surface area contributed by atoms with Crippen molar-refractivity contribution in [2.24, 2.45) is 0 Å². The fourth-order valence-electron chi connectivity index (χ4n) is 3.38.